The molecule has 0 saturated carbocycles. The molecule has 1 aliphatic heterocycles. The molecule has 140 valence electrons. The largest absolute Gasteiger partial charge is 0.563 e. The number of hydrogen-bond donors (Lipinski definition) is 0. The molecule has 4 aromatic carbocycles. The molecule has 0 aromatic heterocycles. The highest BCUT2D eigenvalue weighted by Crippen LogP contribution is 2.38. The highest BCUT2D eigenvalue weighted by atomic mass is 16.7. The van der Waals surface area contributed by atoms with E-state index in [9.17, 15) is 0 Å². The van der Waals surface area contributed by atoms with E-state index in [0.717, 1.165) is 5.46 Å². The van der Waals surface area contributed by atoms with Crippen molar-refractivity contribution in [1.82, 2.24) is 0 Å². The van der Waals surface area contributed by atoms with Crippen LogP contribution in [0.2, 0.25) is 0 Å². The summed E-state index contributed by atoms with van der Waals surface area (Å²) in [5, 5.41) is 7.62. The fourth-order valence-electron chi connectivity index (χ4n) is 4.24. The zero-order chi connectivity index (χ0) is 19.8. The Morgan fingerprint density at radius 3 is 2.07 bits per heavy atom. The van der Waals surface area contributed by atoms with Gasteiger partial charge in [0.05, 0.1) is 5.76 Å². The van der Waals surface area contributed by atoms with Crippen LogP contribution in [0.3, 0.4) is 0 Å². The van der Waals surface area contributed by atoms with Gasteiger partial charge in [-0.05, 0) is 57.1 Å². The van der Waals surface area contributed by atoms with E-state index in [1.54, 1.807) is 0 Å². The van der Waals surface area contributed by atoms with Crippen molar-refractivity contribution >= 4 is 44.9 Å². The Morgan fingerprint density at radius 1 is 0.857 bits per heavy atom. The van der Waals surface area contributed by atoms with Crippen LogP contribution >= 0.6 is 0 Å². The van der Waals surface area contributed by atoms with Crippen LogP contribution in [0.5, 0.6) is 0 Å². The highest BCUT2D eigenvalue weighted by molar-refractivity contribution is 6.66. The topological polar surface area (TPSA) is 18.5 Å². The Hall–Kier alpha value is -2.52. The third kappa shape index (κ3) is 2.46. The first kappa shape index (κ1) is 17.6. The average Bonchev–Trinajstić information content (AvgIpc) is 2.91. The summed E-state index contributed by atoms with van der Waals surface area (Å²) in [6, 6.07) is 17.9. The summed E-state index contributed by atoms with van der Waals surface area (Å²) in [6.07, 6.45) is 0. The number of benzene rings is 4. The smallest absolute Gasteiger partial charge is 0.534 e. The lowest BCUT2D eigenvalue weighted by atomic mass is 9.74. The lowest BCUT2D eigenvalue weighted by Gasteiger charge is -2.22. The van der Waals surface area contributed by atoms with Gasteiger partial charge in [0.15, 0.2) is 0 Å². The molecule has 1 fully saturated rings. The number of hydrogen-bond acceptors (Lipinski definition) is 2. The van der Waals surface area contributed by atoms with Crippen molar-refractivity contribution in [1.29, 1.82) is 0 Å². The van der Waals surface area contributed by atoms with Crippen molar-refractivity contribution in [2.75, 3.05) is 0 Å². The van der Waals surface area contributed by atoms with Crippen LogP contribution in [0, 0.1) is 0 Å². The fraction of sp³-hybridized carbons (Fsp3) is 0.280. The zero-order valence-corrected chi connectivity index (χ0v) is 17.2. The molecule has 0 N–H and O–H groups in total. The molecule has 1 aliphatic rings. The molecule has 3 heteroatoms. The second kappa shape index (κ2) is 5.51. The van der Waals surface area contributed by atoms with Crippen molar-refractivity contribution in [2.45, 2.75) is 45.6 Å². The molecule has 2 nitrogen and oxygen atoms in total. The van der Waals surface area contributed by atoms with Crippen LogP contribution in [0.1, 0.15) is 40.2 Å². The third-order valence-corrected chi connectivity index (χ3v) is 6.08. The molecule has 5 rings (SSSR count). The monoisotopic (exact) mass is 368 g/mol. The van der Waals surface area contributed by atoms with E-state index in [1.807, 2.05) is 13.8 Å². The van der Waals surface area contributed by atoms with Gasteiger partial charge in [-0.2, -0.15) is 0 Å². The minimum absolute atomic E-state index is 0.118. The summed E-state index contributed by atoms with van der Waals surface area (Å²) in [4.78, 5) is 0. The van der Waals surface area contributed by atoms with Gasteiger partial charge < -0.3 is 9.31 Å². The summed E-state index contributed by atoms with van der Waals surface area (Å²) in [7, 11) is -0.419. The fourth-order valence-corrected chi connectivity index (χ4v) is 4.24. The van der Waals surface area contributed by atoms with Gasteiger partial charge in [-0.15, -0.1) is 0 Å². The van der Waals surface area contributed by atoms with E-state index < -0.39 is 12.7 Å². The molecular formula is C25H25BO2. The molecule has 1 saturated heterocycles. The second-order valence-corrected chi connectivity index (χ2v) is 9.48. The van der Waals surface area contributed by atoms with Crippen LogP contribution in [0.25, 0.3) is 32.3 Å². The van der Waals surface area contributed by atoms with E-state index in [0.29, 0.717) is 5.76 Å². The predicted octanol–water partition coefficient (Wildman–Crippen LogP) is 5.92. The minimum Gasteiger partial charge on any atom is -0.534 e. The standard InChI is InChI=1S/C25H25BO2/c1-15-25(5,6)28-26(27-15)21-12-10-16-7-8-17-13-19(24(2,3)4)14-18-9-11-20(21)23(16)22(17)18/h7-14H,1H2,2-6H3. The molecule has 0 spiro atoms. The van der Waals surface area contributed by atoms with Crippen molar-refractivity contribution < 1.29 is 9.31 Å². The maximum Gasteiger partial charge on any atom is 0.563 e. The van der Waals surface area contributed by atoms with Gasteiger partial charge in [0, 0.05) is 5.46 Å². The van der Waals surface area contributed by atoms with E-state index in [4.69, 9.17) is 9.31 Å². The normalized spacial score (nSPS) is 17.2. The Morgan fingerprint density at radius 2 is 1.46 bits per heavy atom. The van der Waals surface area contributed by atoms with E-state index in [1.165, 1.54) is 37.9 Å². The maximum atomic E-state index is 6.18. The van der Waals surface area contributed by atoms with Gasteiger partial charge in [0.1, 0.15) is 5.60 Å². The summed E-state index contributed by atoms with van der Waals surface area (Å²) in [5.41, 5.74) is 2.07. The molecule has 4 aromatic rings. The molecule has 0 radical (unpaired) electrons. The van der Waals surface area contributed by atoms with Crippen LogP contribution < -0.4 is 5.46 Å². The highest BCUT2D eigenvalue weighted by Gasteiger charge is 2.43. The van der Waals surface area contributed by atoms with Crippen LogP contribution in [0.15, 0.2) is 60.9 Å². The van der Waals surface area contributed by atoms with Crippen molar-refractivity contribution in [3.8, 4) is 0 Å². The maximum absolute atomic E-state index is 6.18. The molecule has 0 amide bonds. The molecule has 1 heterocycles. The first-order valence-electron chi connectivity index (χ1n) is 9.91. The Kier molecular flexibility index (Phi) is 3.46. The van der Waals surface area contributed by atoms with E-state index in [-0.39, 0.29) is 5.41 Å². The van der Waals surface area contributed by atoms with Crippen molar-refractivity contribution in [3.63, 3.8) is 0 Å². The van der Waals surface area contributed by atoms with Gasteiger partial charge in [0.2, 0.25) is 0 Å². The zero-order valence-electron chi connectivity index (χ0n) is 17.2. The van der Waals surface area contributed by atoms with Crippen LogP contribution in [-0.4, -0.2) is 12.7 Å². The second-order valence-electron chi connectivity index (χ2n) is 9.48. The molecular weight excluding hydrogens is 343 g/mol. The molecule has 0 unspecified atom stereocenters. The molecule has 0 atom stereocenters. The Balaban J connectivity index is 1.80. The van der Waals surface area contributed by atoms with Crippen molar-refractivity contribution in [2.24, 2.45) is 0 Å². The Labute approximate surface area is 166 Å². The van der Waals surface area contributed by atoms with E-state index >= 15 is 0 Å². The minimum atomic E-state index is -0.476. The third-order valence-electron chi connectivity index (χ3n) is 6.08. The van der Waals surface area contributed by atoms with Crippen LogP contribution in [0.4, 0.5) is 0 Å². The molecule has 0 aliphatic carbocycles. The molecule has 28 heavy (non-hydrogen) atoms. The Bertz CT molecular complexity index is 1230. The van der Waals surface area contributed by atoms with Gasteiger partial charge in [-0.1, -0.05) is 75.9 Å². The summed E-state index contributed by atoms with van der Waals surface area (Å²) in [6.45, 7) is 14.8. The quantitative estimate of drug-likeness (QED) is 0.307. The van der Waals surface area contributed by atoms with Gasteiger partial charge in [0.25, 0.3) is 0 Å². The first-order valence-corrected chi connectivity index (χ1v) is 9.91. The summed E-state index contributed by atoms with van der Waals surface area (Å²) in [5.74, 6) is 0.679. The van der Waals surface area contributed by atoms with E-state index in [2.05, 4.69) is 75.9 Å². The summed E-state index contributed by atoms with van der Waals surface area (Å²) >= 11 is 0. The first-order chi connectivity index (χ1) is 13.1. The van der Waals surface area contributed by atoms with Gasteiger partial charge in [-0.25, -0.2) is 0 Å². The lowest BCUT2D eigenvalue weighted by Crippen LogP contribution is -2.35. The van der Waals surface area contributed by atoms with Crippen molar-refractivity contribution in [3.05, 3.63) is 66.4 Å². The summed E-state index contributed by atoms with van der Waals surface area (Å²) < 4.78 is 12.2. The average molecular weight is 368 g/mol. The molecule has 0 bridgehead atoms. The van der Waals surface area contributed by atoms with Gasteiger partial charge in [-0.3, -0.25) is 0 Å². The predicted molar refractivity (Wildman–Crippen MR) is 120 cm³/mol. The lowest BCUT2D eigenvalue weighted by molar-refractivity contribution is 0.173. The SMILES string of the molecule is C=C1OB(c2ccc3ccc4cc(C(C)(C)C)cc5ccc2c3c45)OC1(C)C. The van der Waals surface area contributed by atoms with Gasteiger partial charge >= 0.3 is 7.12 Å². The van der Waals surface area contributed by atoms with Crippen LogP contribution in [-0.2, 0) is 14.7 Å². The number of rotatable bonds is 1.